The van der Waals surface area contributed by atoms with Crippen molar-refractivity contribution in [2.24, 2.45) is 0 Å². The Morgan fingerprint density at radius 2 is 0.852 bits per heavy atom. The van der Waals surface area contributed by atoms with E-state index >= 15 is 0 Å². The SMILES string of the molecule is O=C([O-])c1ccccc1C(=O)O.O=C([O-])c1ccccc1C(=O)[O-].[K+].[NH4+].[Na+]. The van der Waals surface area contributed by atoms with Crippen LogP contribution < -0.4 is 102 Å². The second kappa shape index (κ2) is 14.9. The number of rotatable bonds is 4. The van der Waals surface area contributed by atoms with Gasteiger partial charge in [0.2, 0.25) is 0 Å². The normalized spacial score (nSPS) is 8.30. The van der Waals surface area contributed by atoms with Crippen LogP contribution in [0.4, 0.5) is 0 Å². The summed E-state index contributed by atoms with van der Waals surface area (Å²) in [7, 11) is 0. The molecule has 0 amide bonds. The molecule has 0 heterocycles. The number of quaternary nitrogens is 1. The minimum atomic E-state index is -1.52. The van der Waals surface area contributed by atoms with Crippen LogP contribution in [0.2, 0.25) is 0 Å². The van der Waals surface area contributed by atoms with Gasteiger partial charge in [-0.1, -0.05) is 42.5 Å². The topological polar surface area (TPSA) is 194 Å². The third-order valence-electron chi connectivity index (χ3n) is 2.74. The first-order valence-electron chi connectivity index (χ1n) is 6.31. The van der Waals surface area contributed by atoms with E-state index in [1.165, 1.54) is 36.4 Å². The number of aromatic carboxylic acids is 4. The third-order valence-corrected chi connectivity index (χ3v) is 2.74. The maximum Gasteiger partial charge on any atom is 1.00 e. The zero-order chi connectivity index (χ0) is 18.3. The van der Waals surface area contributed by atoms with Crippen LogP contribution in [0.1, 0.15) is 41.4 Å². The van der Waals surface area contributed by atoms with Gasteiger partial charge in [-0.25, -0.2) is 4.79 Å². The summed E-state index contributed by atoms with van der Waals surface area (Å²) in [6.07, 6.45) is 0. The molecule has 0 aromatic heterocycles. The Hall–Kier alpha value is -1.08. The van der Waals surface area contributed by atoms with Gasteiger partial charge in [0.1, 0.15) is 0 Å². The van der Waals surface area contributed by atoms with E-state index in [9.17, 15) is 34.5 Å². The number of carboxylic acids is 4. The Bertz CT molecular complexity index is 679. The van der Waals surface area contributed by atoms with Gasteiger partial charge in [0.25, 0.3) is 0 Å². The standard InChI is InChI=1S/2C8H6O4.K.H3N.Na/c2*9-7(10)5-3-1-2-4-6(5)8(11)12;;;/h2*1-4H,(H,9,10)(H,11,12);;1H3;/q;;+1;;+1/p-2. The number of hydrogen-bond donors (Lipinski definition) is 2. The van der Waals surface area contributed by atoms with Gasteiger partial charge < -0.3 is 41.0 Å². The Balaban J connectivity index is -0.000000384. The van der Waals surface area contributed by atoms with E-state index in [1.54, 1.807) is 0 Å². The molecule has 0 aliphatic rings. The molecule has 0 saturated carbocycles. The van der Waals surface area contributed by atoms with Gasteiger partial charge >= 0.3 is 86.9 Å². The molecule has 5 N–H and O–H groups in total. The largest absolute Gasteiger partial charge is 1.00 e. The summed E-state index contributed by atoms with van der Waals surface area (Å²) in [5.74, 6) is -5.78. The van der Waals surface area contributed by atoms with Crippen LogP contribution in [0.15, 0.2) is 48.5 Å². The van der Waals surface area contributed by atoms with Crippen LogP contribution in [-0.4, -0.2) is 29.0 Å². The van der Waals surface area contributed by atoms with Crippen molar-refractivity contribution < 1.29 is 121 Å². The third kappa shape index (κ3) is 9.60. The van der Waals surface area contributed by atoms with Crippen molar-refractivity contribution in [3.63, 3.8) is 0 Å². The molecular formula is C16H13KNNaO8. The molecule has 0 atom stereocenters. The summed E-state index contributed by atoms with van der Waals surface area (Å²) in [5.41, 5.74) is -1.28. The Labute approximate surface area is 218 Å². The second-order valence-corrected chi connectivity index (χ2v) is 4.26. The first kappa shape index (κ1) is 30.6. The van der Waals surface area contributed by atoms with Crippen molar-refractivity contribution in [3.8, 4) is 0 Å². The minimum Gasteiger partial charge on any atom is -0.545 e. The second-order valence-electron chi connectivity index (χ2n) is 4.26. The number of hydrogen-bond acceptors (Lipinski definition) is 7. The van der Waals surface area contributed by atoms with Gasteiger partial charge in [-0.05, 0) is 6.07 Å². The van der Waals surface area contributed by atoms with Gasteiger partial charge in [-0.3, -0.25) is 0 Å². The van der Waals surface area contributed by atoms with E-state index in [0.717, 1.165) is 12.1 Å². The molecule has 0 fully saturated rings. The van der Waals surface area contributed by atoms with Crippen molar-refractivity contribution in [2.75, 3.05) is 0 Å². The maximum atomic E-state index is 10.4. The van der Waals surface area contributed by atoms with Gasteiger partial charge in [0.15, 0.2) is 0 Å². The average Bonchev–Trinajstić information content (AvgIpc) is 2.55. The van der Waals surface area contributed by atoms with E-state index in [1.807, 2.05) is 0 Å². The van der Waals surface area contributed by atoms with Gasteiger partial charge in [0.05, 0.1) is 23.5 Å². The van der Waals surface area contributed by atoms with E-state index in [0.29, 0.717) is 0 Å². The van der Waals surface area contributed by atoms with Crippen molar-refractivity contribution >= 4 is 23.9 Å². The maximum absolute atomic E-state index is 10.4. The predicted octanol–water partition coefficient (Wildman–Crippen LogP) is -7.45. The molecule has 0 bridgehead atoms. The molecule has 0 unspecified atom stereocenters. The first-order valence-corrected chi connectivity index (χ1v) is 6.31. The molecule has 2 rings (SSSR count). The molecule has 0 radical (unpaired) electrons. The molecule has 2 aromatic rings. The molecule has 0 aliphatic heterocycles. The number of benzene rings is 2. The molecule has 2 aromatic carbocycles. The van der Waals surface area contributed by atoms with E-state index in [2.05, 4.69) is 0 Å². The average molecular weight is 409 g/mol. The van der Waals surface area contributed by atoms with Crippen LogP contribution in [-0.2, 0) is 0 Å². The number of carboxylic acid groups (broad SMARTS) is 4. The van der Waals surface area contributed by atoms with Crippen LogP contribution in [0.25, 0.3) is 0 Å². The van der Waals surface area contributed by atoms with Crippen LogP contribution in [0.5, 0.6) is 0 Å². The Morgan fingerprint density at radius 3 is 1.04 bits per heavy atom. The summed E-state index contributed by atoms with van der Waals surface area (Å²) in [6.45, 7) is 0. The predicted molar refractivity (Wildman–Crippen MR) is 78.8 cm³/mol. The molecule has 9 nitrogen and oxygen atoms in total. The molecular weight excluding hydrogens is 396 g/mol. The van der Waals surface area contributed by atoms with E-state index in [-0.39, 0.29) is 109 Å². The minimum absolute atomic E-state index is 0. The Morgan fingerprint density at radius 1 is 0.630 bits per heavy atom. The molecule has 0 saturated heterocycles. The fourth-order valence-corrected chi connectivity index (χ4v) is 1.69. The number of carbonyl (C=O) groups is 4. The summed E-state index contributed by atoms with van der Waals surface area (Å²) in [4.78, 5) is 41.4. The van der Waals surface area contributed by atoms with Gasteiger partial charge in [0, 0.05) is 16.7 Å². The van der Waals surface area contributed by atoms with Crippen molar-refractivity contribution in [1.82, 2.24) is 6.15 Å². The summed E-state index contributed by atoms with van der Waals surface area (Å²) >= 11 is 0. The zero-order valence-corrected chi connectivity index (χ0v) is 20.0. The molecule has 0 aliphatic carbocycles. The quantitative estimate of drug-likeness (QED) is 0.465. The van der Waals surface area contributed by atoms with Gasteiger partial charge in [-0.15, -0.1) is 0 Å². The van der Waals surface area contributed by atoms with Crippen LogP contribution in [0, 0.1) is 0 Å². The van der Waals surface area contributed by atoms with Crippen molar-refractivity contribution in [2.45, 2.75) is 0 Å². The zero-order valence-electron chi connectivity index (χ0n) is 14.9. The van der Waals surface area contributed by atoms with E-state index < -0.39 is 23.9 Å². The van der Waals surface area contributed by atoms with Crippen LogP contribution >= 0.6 is 0 Å². The summed E-state index contributed by atoms with van der Waals surface area (Å²) in [5, 5.41) is 39.5. The molecule has 0 spiro atoms. The fraction of sp³-hybridized carbons (Fsp3) is 0. The summed E-state index contributed by atoms with van der Waals surface area (Å²) < 4.78 is 0. The van der Waals surface area contributed by atoms with Gasteiger partial charge in [-0.2, -0.15) is 0 Å². The van der Waals surface area contributed by atoms with E-state index in [4.69, 9.17) is 5.11 Å². The smallest absolute Gasteiger partial charge is 0.545 e. The molecule has 132 valence electrons. The molecule has 27 heavy (non-hydrogen) atoms. The Kier molecular flexibility index (Phi) is 16.9. The van der Waals surface area contributed by atoms with Crippen molar-refractivity contribution in [1.29, 1.82) is 0 Å². The summed E-state index contributed by atoms with van der Waals surface area (Å²) in [6, 6.07) is 10.4. The van der Waals surface area contributed by atoms with Crippen molar-refractivity contribution in [3.05, 3.63) is 70.8 Å². The molecule has 11 heteroatoms. The van der Waals surface area contributed by atoms with Crippen LogP contribution in [0.3, 0.4) is 0 Å². The first-order chi connectivity index (χ1) is 11.3. The monoisotopic (exact) mass is 409 g/mol. The number of carbonyl (C=O) groups excluding carboxylic acids is 3. The fourth-order valence-electron chi connectivity index (χ4n) is 1.69.